The lowest BCUT2D eigenvalue weighted by Crippen LogP contribution is -2.19. The van der Waals surface area contributed by atoms with Crippen molar-refractivity contribution in [2.45, 2.75) is 4.90 Å². The summed E-state index contributed by atoms with van der Waals surface area (Å²) >= 11 is 0. The normalized spacial score (nSPS) is 10.7. The molecule has 0 atom stereocenters. The van der Waals surface area contributed by atoms with Gasteiger partial charge >= 0.3 is 0 Å². The van der Waals surface area contributed by atoms with Crippen molar-refractivity contribution in [1.82, 2.24) is 4.98 Å². The van der Waals surface area contributed by atoms with Crippen LogP contribution in [0.25, 0.3) is 0 Å². The van der Waals surface area contributed by atoms with Crippen LogP contribution in [0.3, 0.4) is 0 Å². The Bertz CT molecular complexity index is 823. The van der Waals surface area contributed by atoms with E-state index in [4.69, 9.17) is 10.4 Å². The molecule has 0 saturated carbocycles. The molecule has 0 unspecified atom stereocenters. The molecule has 106 valence electrons. The molecule has 0 aliphatic rings. The van der Waals surface area contributed by atoms with E-state index in [9.17, 15) is 13.2 Å². The number of carbonyl (C=O) groups excluding carboxylic acids is 1. The van der Waals surface area contributed by atoms with Crippen LogP contribution in [-0.2, 0) is 10.0 Å². The van der Waals surface area contributed by atoms with Gasteiger partial charge in [-0.2, -0.15) is 5.26 Å². The van der Waals surface area contributed by atoms with Crippen LogP contribution in [0.1, 0.15) is 16.1 Å². The van der Waals surface area contributed by atoms with Gasteiger partial charge in [-0.1, -0.05) is 12.1 Å². The Morgan fingerprint density at radius 1 is 1.24 bits per heavy atom. The minimum atomic E-state index is -3.95. The smallest absolute Gasteiger partial charge is 0.274 e. The van der Waals surface area contributed by atoms with Crippen molar-refractivity contribution < 1.29 is 13.2 Å². The Kier molecular flexibility index (Phi) is 3.98. The van der Waals surface area contributed by atoms with Crippen LogP contribution in [0.5, 0.6) is 0 Å². The Balaban J connectivity index is 2.30. The van der Waals surface area contributed by atoms with Crippen LogP contribution in [0, 0.1) is 11.3 Å². The highest BCUT2D eigenvalue weighted by Crippen LogP contribution is 2.19. The first-order valence-corrected chi connectivity index (χ1v) is 7.26. The quantitative estimate of drug-likeness (QED) is 0.869. The Morgan fingerprint density at radius 3 is 2.52 bits per heavy atom. The van der Waals surface area contributed by atoms with Crippen LogP contribution >= 0.6 is 0 Å². The number of primary sulfonamides is 1. The molecule has 0 bridgehead atoms. The molecule has 1 aromatic heterocycles. The minimum absolute atomic E-state index is 0.0539. The van der Waals surface area contributed by atoms with Crippen molar-refractivity contribution in [1.29, 1.82) is 5.26 Å². The summed E-state index contributed by atoms with van der Waals surface area (Å²) in [5.41, 5.74) is 0.436. The molecule has 8 heteroatoms. The zero-order chi connectivity index (χ0) is 15.5. The van der Waals surface area contributed by atoms with Crippen molar-refractivity contribution in [3.05, 3.63) is 53.9 Å². The van der Waals surface area contributed by atoms with Gasteiger partial charge in [-0.3, -0.25) is 4.79 Å². The summed E-state index contributed by atoms with van der Waals surface area (Å²) in [6.07, 6.45) is 1.25. The third kappa shape index (κ3) is 3.42. The highest BCUT2D eigenvalue weighted by molar-refractivity contribution is 7.89. The zero-order valence-electron chi connectivity index (χ0n) is 10.6. The van der Waals surface area contributed by atoms with E-state index in [1.54, 1.807) is 6.07 Å². The number of nitriles is 1. The van der Waals surface area contributed by atoms with Gasteiger partial charge in [-0.25, -0.2) is 18.5 Å². The Hall–Kier alpha value is -2.76. The summed E-state index contributed by atoms with van der Waals surface area (Å²) in [4.78, 5) is 15.6. The predicted octanol–water partition coefficient (Wildman–Crippen LogP) is 0.853. The average Bonchev–Trinajstić information content (AvgIpc) is 2.47. The van der Waals surface area contributed by atoms with E-state index in [0.29, 0.717) is 5.56 Å². The van der Waals surface area contributed by atoms with Gasteiger partial charge in [0.15, 0.2) is 0 Å². The number of hydrogen-bond donors (Lipinski definition) is 2. The molecule has 0 saturated heterocycles. The van der Waals surface area contributed by atoms with E-state index < -0.39 is 15.9 Å². The summed E-state index contributed by atoms with van der Waals surface area (Å²) < 4.78 is 22.9. The number of nitrogens with zero attached hydrogens (tertiary/aromatic N) is 2. The number of nitrogens with one attached hydrogen (secondary N) is 1. The average molecular weight is 302 g/mol. The zero-order valence-corrected chi connectivity index (χ0v) is 11.5. The molecule has 1 amide bonds. The molecule has 21 heavy (non-hydrogen) atoms. The summed E-state index contributed by atoms with van der Waals surface area (Å²) in [6.45, 7) is 0. The molecule has 2 aromatic rings. The highest BCUT2D eigenvalue weighted by Gasteiger charge is 2.16. The van der Waals surface area contributed by atoms with Gasteiger partial charge in [0.2, 0.25) is 10.0 Å². The van der Waals surface area contributed by atoms with Gasteiger partial charge in [-0.05, 0) is 24.3 Å². The molecule has 0 aliphatic heterocycles. The lowest BCUT2D eigenvalue weighted by molar-refractivity contribution is 0.102. The first kappa shape index (κ1) is 14.6. The third-order valence-corrected chi connectivity index (χ3v) is 3.54. The van der Waals surface area contributed by atoms with Crippen LogP contribution < -0.4 is 10.5 Å². The van der Waals surface area contributed by atoms with Crippen molar-refractivity contribution in [3.8, 4) is 6.07 Å². The lowest BCUT2D eigenvalue weighted by atomic mass is 10.2. The standard InChI is InChI=1S/C13H10N4O3S/c14-7-9-5-6-11(16-8-9)13(18)17-10-3-1-2-4-12(10)21(15,19)20/h1-6,8H,(H,17,18)(H2,15,19,20). The van der Waals surface area contributed by atoms with Gasteiger partial charge < -0.3 is 5.32 Å². The fourth-order valence-corrected chi connectivity index (χ4v) is 2.29. The van der Waals surface area contributed by atoms with Gasteiger partial charge in [-0.15, -0.1) is 0 Å². The molecule has 0 aliphatic carbocycles. The number of hydrogen-bond acceptors (Lipinski definition) is 5. The maximum atomic E-state index is 12.0. The van der Waals surface area contributed by atoms with Gasteiger partial charge in [0, 0.05) is 6.20 Å². The fourth-order valence-electron chi connectivity index (χ4n) is 1.60. The van der Waals surface area contributed by atoms with E-state index in [2.05, 4.69) is 10.3 Å². The van der Waals surface area contributed by atoms with Gasteiger partial charge in [0.1, 0.15) is 16.7 Å². The second-order valence-electron chi connectivity index (χ2n) is 4.04. The number of pyridine rings is 1. The minimum Gasteiger partial charge on any atom is -0.319 e. The number of benzene rings is 1. The molecule has 1 aromatic carbocycles. The molecular formula is C13H10N4O3S. The lowest BCUT2D eigenvalue weighted by Gasteiger charge is -2.08. The number of para-hydroxylation sites is 1. The monoisotopic (exact) mass is 302 g/mol. The summed E-state index contributed by atoms with van der Waals surface area (Å²) in [5, 5.41) is 16.2. The summed E-state index contributed by atoms with van der Waals surface area (Å²) in [5.74, 6) is -0.601. The number of aromatic nitrogens is 1. The molecule has 0 spiro atoms. The maximum absolute atomic E-state index is 12.0. The largest absolute Gasteiger partial charge is 0.319 e. The molecule has 3 N–H and O–H groups in total. The van der Waals surface area contributed by atoms with E-state index in [1.807, 2.05) is 6.07 Å². The van der Waals surface area contributed by atoms with E-state index in [0.717, 1.165) is 0 Å². The van der Waals surface area contributed by atoms with E-state index in [1.165, 1.54) is 36.5 Å². The molecule has 2 rings (SSSR count). The number of rotatable bonds is 3. The van der Waals surface area contributed by atoms with Gasteiger partial charge in [0.05, 0.1) is 11.3 Å². The van der Waals surface area contributed by atoms with Crippen LogP contribution in [-0.4, -0.2) is 19.3 Å². The topological polar surface area (TPSA) is 126 Å². The van der Waals surface area contributed by atoms with Crippen molar-refractivity contribution in [2.24, 2.45) is 5.14 Å². The van der Waals surface area contributed by atoms with Crippen molar-refractivity contribution >= 4 is 21.6 Å². The molecule has 7 nitrogen and oxygen atoms in total. The number of anilines is 1. The maximum Gasteiger partial charge on any atom is 0.274 e. The first-order chi connectivity index (χ1) is 9.91. The van der Waals surface area contributed by atoms with Crippen molar-refractivity contribution in [3.63, 3.8) is 0 Å². The number of amides is 1. The van der Waals surface area contributed by atoms with Gasteiger partial charge in [0.25, 0.3) is 5.91 Å². The van der Waals surface area contributed by atoms with Crippen LogP contribution in [0.2, 0.25) is 0 Å². The highest BCUT2D eigenvalue weighted by atomic mass is 32.2. The fraction of sp³-hybridized carbons (Fsp3) is 0. The molecular weight excluding hydrogens is 292 g/mol. The van der Waals surface area contributed by atoms with E-state index >= 15 is 0 Å². The number of nitrogens with two attached hydrogens (primary N) is 1. The summed E-state index contributed by atoms with van der Waals surface area (Å²) in [6, 6.07) is 10.5. The van der Waals surface area contributed by atoms with E-state index in [-0.39, 0.29) is 16.3 Å². The second-order valence-corrected chi connectivity index (χ2v) is 5.57. The predicted molar refractivity (Wildman–Crippen MR) is 74.7 cm³/mol. The summed E-state index contributed by atoms with van der Waals surface area (Å²) in [7, 11) is -3.95. The molecule has 1 heterocycles. The van der Waals surface area contributed by atoms with Crippen LogP contribution in [0.15, 0.2) is 47.5 Å². The molecule has 0 fully saturated rings. The second kappa shape index (κ2) is 5.70. The Morgan fingerprint density at radius 2 is 1.95 bits per heavy atom. The Labute approximate surface area is 121 Å². The first-order valence-electron chi connectivity index (χ1n) is 5.71. The number of sulfonamides is 1. The number of carbonyl (C=O) groups is 1. The van der Waals surface area contributed by atoms with Crippen molar-refractivity contribution in [2.75, 3.05) is 5.32 Å². The molecule has 0 radical (unpaired) electrons. The SMILES string of the molecule is N#Cc1ccc(C(=O)Nc2ccccc2S(N)(=O)=O)nc1. The van der Waals surface area contributed by atoms with Crippen LogP contribution in [0.4, 0.5) is 5.69 Å². The third-order valence-electron chi connectivity index (χ3n) is 2.57.